The third-order valence-electron chi connectivity index (χ3n) is 1.51. The topological polar surface area (TPSA) is 61.0 Å². The Hall–Kier alpha value is -0.0800. The SMILES string of the molecule is CCCCCCC(C)N.N. The van der Waals surface area contributed by atoms with Crippen LogP contribution in [0.2, 0.25) is 0 Å². The standard InChI is InChI=1S/C8H19N.H3N/c1-3-4-5-6-7-8(2)9;/h8H,3-7,9H2,1-2H3;1H3. The molecule has 5 N–H and O–H groups in total. The minimum atomic E-state index is 0. The molecule has 0 amide bonds. The molecule has 0 bridgehead atoms. The second kappa shape index (κ2) is 8.92. The lowest BCUT2D eigenvalue weighted by molar-refractivity contribution is 0.575. The largest absolute Gasteiger partial charge is 0.344 e. The van der Waals surface area contributed by atoms with Crippen molar-refractivity contribution in [1.82, 2.24) is 6.15 Å². The van der Waals surface area contributed by atoms with Crippen molar-refractivity contribution >= 4 is 0 Å². The normalized spacial score (nSPS) is 12.3. The third-order valence-corrected chi connectivity index (χ3v) is 1.51. The van der Waals surface area contributed by atoms with Gasteiger partial charge in [-0.15, -0.1) is 0 Å². The Balaban J connectivity index is 0. The molecular weight excluding hydrogens is 124 g/mol. The third kappa shape index (κ3) is 10.8. The summed E-state index contributed by atoms with van der Waals surface area (Å²) in [5, 5.41) is 0. The van der Waals surface area contributed by atoms with Gasteiger partial charge < -0.3 is 11.9 Å². The van der Waals surface area contributed by atoms with Crippen LogP contribution in [0.4, 0.5) is 0 Å². The fourth-order valence-corrected chi connectivity index (χ4v) is 0.893. The van der Waals surface area contributed by atoms with E-state index in [-0.39, 0.29) is 6.15 Å². The summed E-state index contributed by atoms with van der Waals surface area (Å²) in [5.74, 6) is 0. The van der Waals surface area contributed by atoms with Crippen molar-refractivity contribution in [3.05, 3.63) is 0 Å². The number of hydrogen-bond acceptors (Lipinski definition) is 2. The zero-order valence-electron chi connectivity index (χ0n) is 7.40. The van der Waals surface area contributed by atoms with Crippen molar-refractivity contribution in [1.29, 1.82) is 0 Å². The van der Waals surface area contributed by atoms with E-state index in [1.807, 2.05) is 0 Å². The molecule has 10 heavy (non-hydrogen) atoms. The molecule has 0 saturated heterocycles. The minimum Gasteiger partial charge on any atom is -0.344 e. The molecule has 0 aromatic rings. The maximum Gasteiger partial charge on any atom is 0.00104 e. The predicted octanol–water partition coefficient (Wildman–Crippen LogP) is 2.47. The van der Waals surface area contributed by atoms with Gasteiger partial charge in [0.1, 0.15) is 0 Å². The molecule has 0 aliphatic heterocycles. The van der Waals surface area contributed by atoms with Crippen LogP contribution in [0.5, 0.6) is 0 Å². The summed E-state index contributed by atoms with van der Waals surface area (Å²) in [7, 11) is 0. The smallest absolute Gasteiger partial charge is 0.00104 e. The predicted molar refractivity (Wildman–Crippen MR) is 47.4 cm³/mol. The van der Waals surface area contributed by atoms with Crippen LogP contribution in [-0.4, -0.2) is 6.04 Å². The van der Waals surface area contributed by atoms with Gasteiger partial charge in [-0.25, -0.2) is 0 Å². The van der Waals surface area contributed by atoms with Gasteiger partial charge in [0.05, 0.1) is 0 Å². The highest BCUT2D eigenvalue weighted by molar-refractivity contribution is 4.52. The van der Waals surface area contributed by atoms with Crippen LogP contribution in [0.1, 0.15) is 46.0 Å². The second-order valence-electron chi connectivity index (χ2n) is 2.83. The molecule has 2 heteroatoms. The van der Waals surface area contributed by atoms with E-state index in [1.54, 1.807) is 0 Å². The highest BCUT2D eigenvalue weighted by Gasteiger charge is 1.91. The first kappa shape index (κ1) is 12.6. The van der Waals surface area contributed by atoms with E-state index in [4.69, 9.17) is 5.73 Å². The number of nitrogens with two attached hydrogens (primary N) is 1. The van der Waals surface area contributed by atoms with Crippen molar-refractivity contribution in [2.75, 3.05) is 0 Å². The van der Waals surface area contributed by atoms with Crippen LogP contribution >= 0.6 is 0 Å². The van der Waals surface area contributed by atoms with Gasteiger partial charge >= 0.3 is 0 Å². The van der Waals surface area contributed by atoms with E-state index in [9.17, 15) is 0 Å². The number of unbranched alkanes of at least 4 members (excludes halogenated alkanes) is 3. The van der Waals surface area contributed by atoms with Gasteiger partial charge in [-0.1, -0.05) is 32.6 Å². The second-order valence-corrected chi connectivity index (χ2v) is 2.83. The van der Waals surface area contributed by atoms with Crippen LogP contribution < -0.4 is 11.9 Å². The maximum absolute atomic E-state index is 5.57. The Morgan fingerprint density at radius 1 is 1.20 bits per heavy atom. The molecule has 2 nitrogen and oxygen atoms in total. The first-order valence-corrected chi connectivity index (χ1v) is 4.03. The molecule has 1 atom stereocenters. The lowest BCUT2D eigenvalue weighted by Gasteiger charge is -2.02. The molecule has 0 aliphatic rings. The molecule has 0 fully saturated rings. The zero-order valence-corrected chi connectivity index (χ0v) is 7.40. The summed E-state index contributed by atoms with van der Waals surface area (Å²) in [4.78, 5) is 0. The Bertz CT molecular complexity index is 53.2. The van der Waals surface area contributed by atoms with Crippen molar-refractivity contribution in [2.45, 2.75) is 52.0 Å². The number of hydrogen-bond donors (Lipinski definition) is 2. The Kier molecular flexibility index (Phi) is 11.2. The Morgan fingerprint density at radius 2 is 1.80 bits per heavy atom. The van der Waals surface area contributed by atoms with E-state index in [0.29, 0.717) is 6.04 Å². The van der Waals surface area contributed by atoms with Gasteiger partial charge in [-0.05, 0) is 13.3 Å². The molecule has 0 aromatic heterocycles. The molecule has 0 radical (unpaired) electrons. The van der Waals surface area contributed by atoms with Gasteiger partial charge in [0, 0.05) is 6.04 Å². The summed E-state index contributed by atoms with van der Waals surface area (Å²) in [6.07, 6.45) is 6.55. The molecule has 0 rings (SSSR count). The number of rotatable bonds is 5. The van der Waals surface area contributed by atoms with Crippen LogP contribution in [0.15, 0.2) is 0 Å². The van der Waals surface area contributed by atoms with Crippen molar-refractivity contribution in [3.8, 4) is 0 Å². The van der Waals surface area contributed by atoms with Crippen LogP contribution in [0, 0.1) is 0 Å². The molecule has 0 aromatic carbocycles. The highest BCUT2D eigenvalue weighted by Crippen LogP contribution is 2.03. The Labute approximate surface area is 64.8 Å². The first-order valence-electron chi connectivity index (χ1n) is 4.03. The van der Waals surface area contributed by atoms with E-state index in [1.165, 1.54) is 32.1 Å². The van der Waals surface area contributed by atoms with Crippen LogP contribution in [-0.2, 0) is 0 Å². The lowest BCUT2D eigenvalue weighted by Crippen LogP contribution is -2.13. The van der Waals surface area contributed by atoms with E-state index in [2.05, 4.69) is 13.8 Å². The summed E-state index contributed by atoms with van der Waals surface area (Å²) in [6, 6.07) is 0.404. The maximum atomic E-state index is 5.57. The van der Waals surface area contributed by atoms with Gasteiger partial charge in [0.2, 0.25) is 0 Å². The summed E-state index contributed by atoms with van der Waals surface area (Å²) < 4.78 is 0. The average molecular weight is 146 g/mol. The molecule has 0 saturated carbocycles. The van der Waals surface area contributed by atoms with E-state index in [0.717, 1.165) is 0 Å². The van der Waals surface area contributed by atoms with Gasteiger partial charge in [0.15, 0.2) is 0 Å². The fraction of sp³-hybridized carbons (Fsp3) is 1.00. The fourth-order valence-electron chi connectivity index (χ4n) is 0.893. The van der Waals surface area contributed by atoms with E-state index >= 15 is 0 Å². The summed E-state index contributed by atoms with van der Waals surface area (Å²) in [6.45, 7) is 4.30. The van der Waals surface area contributed by atoms with Crippen LogP contribution in [0.25, 0.3) is 0 Å². The van der Waals surface area contributed by atoms with E-state index < -0.39 is 0 Å². The summed E-state index contributed by atoms with van der Waals surface area (Å²) >= 11 is 0. The van der Waals surface area contributed by atoms with Crippen LogP contribution in [0.3, 0.4) is 0 Å². The average Bonchev–Trinajstić information content (AvgIpc) is 1.80. The minimum absolute atomic E-state index is 0. The molecule has 64 valence electrons. The molecule has 0 aliphatic carbocycles. The van der Waals surface area contributed by atoms with Gasteiger partial charge in [-0.3, -0.25) is 0 Å². The van der Waals surface area contributed by atoms with Crippen molar-refractivity contribution < 1.29 is 0 Å². The van der Waals surface area contributed by atoms with Crippen molar-refractivity contribution in [3.63, 3.8) is 0 Å². The zero-order chi connectivity index (χ0) is 7.11. The molecular formula is C8H22N2. The molecule has 1 unspecified atom stereocenters. The Morgan fingerprint density at radius 3 is 2.20 bits per heavy atom. The molecule has 0 heterocycles. The van der Waals surface area contributed by atoms with Gasteiger partial charge in [0.25, 0.3) is 0 Å². The quantitative estimate of drug-likeness (QED) is 0.585. The monoisotopic (exact) mass is 146 g/mol. The molecule has 0 spiro atoms. The lowest BCUT2D eigenvalue weighted by atomic mass is 10.1. The highest BCUT2D eigenvalue weighted by atomic mass is 14.6. The van der Waals surface area contributed by atoms with Crippen molar-refractivity contribution in [2.24, 2.45) is 5.73 Å². The first-order chi connectivity index (χ1) is 4.27. The summed E-state index contributed by atoms with van der Waals surface area (Å²) in [5.41, 5.74) is 5.57. The van der Waals surface area contributed by atoms with Gasteiger partial charge in [-0.2, -0.15) is 0 Å².